The minimum absolute atomic E-state index is 0.0396. The molecule has 4 N–H and O–H groups in total. The number of benzene rings is 2. The van der Waals surface area contributed by atoms with Gasteiger partial charge in [0.25, 0.3) is 5.91 Å². The second-order valence-electron chi connectivity index (χ2n) is 16.7. The highest BCUT2D eigenvalue weighted by molar-refractivity contribution is 6.51. The van der Waals surface area contributed by atoms with Crippen molar-refractivity contribution in [2.75, 3.05) is 27.2 Å². The van der Waals surface area contributed by atoms with E-state index in [0.29, 0.717) is 18.4 Å². The molecule has 1 heterocycles. The number of likely N-dealkylation sites (N-methyl/N-ethyl adjacent to an activating group) is 1. The molecule has 57 heavy (non-hydrogen) atoms. The topological polar surface area (TPSA) is 183 Å². The van der Waals surface area contributed by atoms with E-state index in [-0.39, 0.29) is 30.7 Å². The van der Waals surface area contributed by atoms with Gasteiger partial charge in [-0.1, -0.05) is 67.4 Å². The van der Waals surface area contributed by atoms with Crippen LogP contribution in [0, 0.1) is 23.7 Å². The first kappa shape index (κ1) is 41.9. The fourth-order valence-corrected chi connectivity index (χ4v) is 8.77. The maximum absolute atomic E-state index is 14.6. The molecule has 6 atom stereocenters. The minimum Gasteiger partial charge on any atom is -0.444 e. The molecule has 2 aromatic carbocycles. The van der Waals surface area contributed by atoms with Gasteiger partial charge in [-0.25, -0.2) is 4.79 Å². The first-order valence-corrected chi connectivity index (χ1v) is 20.0. The summed E-state index contributed by atoms with van der Waals surface area (Å²) in [6.45, 7) is 4.58. The van der Waals surface area contributed by atoms with Crippen LogP contribution in [0.1, 0.15) is 62.8 Å². The Hall–Kier alpha value is -4.69. The Balaban J connectivity index is 1.15. The number of alkyl halides is 2. The van der Waals surface area contributed by atoms with Gasteiger partial charge in [-0.2, -0.15) is 0 Å². The zero-order valence-corrected chi connectivity index (χ0v) is 34.2. The largest absolute Gasteiger partial charge is 0.444 e. The molecule has 16 heteroatoms. The normalized spacial score (nSPS) is 22.2. The van der Waals surface area contributed by atoms with Crippen molar-refractivity contribution in [3.8, 4) is 0 Å². The number of piperidine rings is 1. The number of rotatable bonds is 14. The van der Waals surface area contributed by atoms with Crippen LogP contribution in [0.3, 0.4) is 0 Å². The van der Waals surface area contributed by atoms with E-state index in [1.54, 1.807) is 65.2 Å². The van der Waals surface area contributed by atoms with Crippen molar-refractivity contribution in [3.05, 3.63) is 71.3 Å². The molecular formula is C41H50Cl2N6O8. The van der Waals surface area contributed by atoms with Gasteiger partial charge >= 0.3 is 6.09 Å². The fourth-order valence-electron chi connectivity index (χ4n) is 7.94. The Morgan fingerprint density at radius 3 is 2.09 bits per heavy atom. The minimum atomic E-state index is -1.30. The Labute approximate surface area is 342 Å². The molecule has 0 radical (unpaired) electrons. The molecule has 1 saturated heterocycles. The van der Waals surface area contributed by atoms with Crippen LogP contribution in [0.5, 0.6) is 0 Å². The fraction of sp³-hybridized carbons (Fsp3) is 0.537. The van der Waals surface area contributed by atoms with E-state index < -0.39 is 88.0 Å². The van der Waals surface area contributed by atoms with Gasteiger partial charge < -0.3 is 35.8 Å². The molecule has 3 fully saturated rings. The third kappa shape index (κ3) is 9.72. The van der Waals surface area contributed by atoms with Crippen LogP contribution in [-0.4, -0.2) is 106 Å². The maximum Gasteiger partial charge on any atom is 0.408 e. The van der Waals surface area contributed by atoms with E-state index in [1.165, 1.54) is 9.80 Å². The van der Waals surface area contributed by atoms with E-state index >= 15 is 0 Å². The molecule has 2 saturated carbocycles. The van der Waals surface area contributed by atoms with Gasteiger partial charge in [-0.15, -0.1) is 23.2 Å². The summed E-state index contributed by atoms with van der Waals surface area (Å²) in [5.41, 5.74) is 1.82. The SMILES string of the molecule is CN(C)C(=O)C(NC(=O)CNC(=O)C(=O)C(CC1CC1)NC(=O)[C@@H]1C2C(CN1C(=O)C(NC(=O)OC(C)(C)C)C1Cc3ccccc3C1)C2(Cl)Cl)c1ccccc1. The van der Waals surface area contributed by atoms with Gasteiger partial charge in [-0.05, 0) is 68.6 Å². The highest BCUT2D eigenvalue weighted by Gasteiger charge is 2.74. The number of carbonyl (C=O) groups is 7. The number of Topliss-reactive ketones (excluding diaryl/α,β-unsaturated/α-hetero) is 1. The monoisotopic (exact) mass is 824 g/mol. The summed E-state index contributed by atoms with van der Waals surface area (Å²) < 4.78 is 4.23. The van der Waals surface area contributed by atoms with Crippen LogP contribution < -0.4 is 21.3 Å². The summed E-state index contributed by atoms with van der Waals surface area (Å²) in [5, 5.41) is 10.5. The van der Waals surface area contributed by atoms with E-state index in [2.05, 4.69) is 21.3 Å². The number of ketones is 1. The van der Waals surface area contributed by atoms with Gasteiger partial charge in [-0.3, -0.25) is 28.8 Å². The van der Waals surface area contributed by atoms with Crippen molar-refractivity contribution in [1.82, 2.24) is 31.1 Å². The van der Waals surface area contributed by atoms with Crippen LogP contribution in [0.25, 0.3) is 0 Å². The van der Waals surface area contributed by atoms with E-state index in [0.717, 1.165) is 24.0 Å². The number of halogens is 2. The summed E-state index contributed by atoms with van der Waals surface area (Å²) in [5.74, 6) is -5.73. The van der Waals surface area contributed by atoms with Crippen molar-refractivity contribution in [2.24, 2.45) is 23.7 Å². The second-order valence-corrected chi connectivity index (χ2v) is 18.2. The van der Waals surface area contributed by atoms with E-state index in [1.807, 2.05) is 24.3 Å². The molecule has 4 aliphatic rings. The summed E-state index contributed by atoms with van der Waals surface area (Å²) >= 11 is 13.3. The molecule has 5 unspecified atom stereocenters. The standard InChI is InChI=1S/C41H50Cl2N6O8/c1-40(2,3)57-39(56)47-32(26-18-24-13-9-10-14-25(24)19-26)38(55)49-21-27-30(41(27,42)43)33(49)35(52)45-28(17-22-15-16-22)34(51)36(53)44-20-29(50)46-31(37(54)48(4)5)23-11-7-6-8-12-23/h6-14,22,26-28,30-33H,15-21H2,1-5H3,(H,44,53)(H,45,52)(H,46,50)(H,47,56)/t27?,28?,30?,31?,32?,33-/m0/s1. The number of ether oxygens (including phenoxy) is 1. The average Bonchev–Trinajstić information content (AvgIpc) is 3.91. The Bertz CT molecular complexity index is 1890. The van der Waals surface area contributed by atoms with Crippen LogP contribution in [-0.2, 0) is 46.3 Å². The lowest BCUT2D eigenvalue weighted by atomic mass is 9.94. The smallest absolute Gasteiger partial charge is 0.408 e. The highest BCUT2D eigenvalue weighted by atomic mass is 35.5. The number of nitrogens with zero attached hydrogens (tertiary/aromatic N) is 2. The van der Waals surface area contributed by atoms with Gasteiger partial charge in [0.1, 0.15) is 28.1 Å². The molecule has 6 amide bonds. The zero-order chi connectivity index (χ0) is 41.4. The molecule has 0 bridgehead atoms. The molecule has 0 spiro atoms. The third-order valence-corrected chi connectivity index (χ3v) is 12.1. The second kappa shape index (κ2) is 16.7. The van der Waals surface area contributed by atoms with E-state index in [9.17, 15) is 33.6 Å². The maximum atomic E-state index is 14.6. The highest BCUT2D eigenvalue weighted by Crippen LogP contribution is 2.65. The van der Waals surface area contributed by atoms with Crippen molar-refractivity contribution in [3.63, 3.8) is 0 Å². The van der Waals surface area contributed by atoms with Crippen LogP contribution in [0.2, 0.25) is 0 Å². The van der Waals surface area contributed by atoms with Gasteiger partial charge in [0, 0.05) is 32.5 Å². The quantitative estimate of drug-likeness (QED) is 0.166. The van der Waals surface area contributed by atoms with Crippen LogP contribution in [0.4, 0.5) is 4.79 Å². The lowest BCUT2D eigenvalue weighted by Gasteiger charge is -2.35. The van der Waals surface area contributed by atoms with Crippen LogP contribution >= 0.6 is 23.2 Å². The number of amides is 6. The molecule has 14 nitrogen and oxygen atoms in total. The third-order valence-electron chi connectivity index (χ3n) is 11.0. The molecule has 0 aromatic heterocycles. The number of carbonyl (C=O) groups excluding carboxylic acids is 7. The number of likely N-dealkylation sites (tertiary alicyclic amines) is 1. The summed E-state index contributed by atoms with van der Waals surface area (Å²) in [6, 6.07) is 11.8. The van der Waals surface area contributed by atoms with Crippen LogP contribution in [0.15, 0.2) is 54.6 Å². The number of nitrogens with one attached hydrogen (secondary N) is 4. The molecule has 3 aliphatic carbocycles. The first-order valence-electron chi connectivity index (χ1n) is 19.3. The Morgan fingerprint density at radius 2 is 1.51 bits per heavy atom. The predicted molar refractivity (Wildman–Crippen MR) is 211 cm³/mol. The molecule has 306 valence electrons. The number of fused-ring (bicyclic) bond motifs is 2. The Morgan fingerprint density at radius 1 is 0.895 bits per heavy atom. The molecule has 2 aromatic rings. The summed E-state index contributed by atoms with van der Waals surface area (Å²) in [4.78, 5) is 97.4. The van der Waals surface area contributed by atoms with Gasteiger partial charge in [0.2, 0.25) is 29.4 Å². The van der Waals surface area contributed by atoms with Crippen molar-refractivity contribution >= 4 is 64.6 Å². The van der Waals surface area contributed by atoms with Gasteiger partial charge in [0.05, 0.1) is 12.6 Å². The first-order chi connectivity index (χ1) is 26.9. The predicted octanol–water partition coefficient (Wildman–Crippen LogP) is 2.84. The van der Waals surface area contributed by atoms with Crippen molar-refractivity contribution in [1.29, 1.82) is 0 Å². The number of hydrogen-bond donors (Lipinski definition) is 4. The van der Waals surface area contributed by atoms with Gasteiger partial charge in [0.15, 0.2) is 0 Å². The lowest BCUT2D eigenvalue weighted by molar-refractivity contribution is -0.144. The molecule has 1 aliphatic heterocycles. The lowest BCUT2D eigenvalue weighted by Crippen LogP contribution is -2.60. The average molecular weight is 826 g/mol. The van der Waals surface area contributed by atoms with E-state index in [4.69, 9.17) is 27.9 Å². The zero-order valence-electron chi connectivity index (χ0n) is 32.7. The molecule has 6 rings (SSSR count). The Kier molecular flexibility index (Phi) is 12.3. The summed E-state index contributed by atoms with van der Waals surface area (Å²) in [7, 11) is 3.11. The number of hydrogen-bond acceptors (Lipinski definition) is 8. The van der Waals surface area contributed by atoms with Crippen molar-refractivity contribution < 1.29 is 38.3 Å². The number of alkyl carbamates (subject to hydrolysis) is 1. The van der Waals surface area contributed by atoms with Crippen molar-refractivity contribution in [2.45, 2.75) is 87.0 Å². The summed E-state index contributed by atoms with van der Waals surface area (Å²) in [6.07, 6.45) is 2.02. The molecular weight excluding hydrogens is 775 g/mol.